The van der Waals surface area contributed by atoms with Gasteiger partial charge in [-0.1, -0.05) is 11.2 Å². The second kappa shape index (κ2) is 7.88. The number of amidine groups is 1. The smallest absolute Gasteiger partial charge is 0.191 e. The maximum atomic E-state index is 13.4. The van der Waals surface area contributed by atoms with Crippen molar-refractivity contribution in [3.05, 3.63) is 77.8 Å². The van der Waals surface area contributed by atoms with Crippen molar-refractivity contribution >= 4 is 28.6 Å². The van der Waals surface area contributed by atoms with Crippen molar-refractivity contribution in [1.29, 1.82) is 0 Å². The van der Waals surface area contributed by atoms with Gasteiger partial charge < -0.3 is 9.09 Å². The first-order valence-corrected chi connectivity index (χ1v) is 11.1. The summed E-state index contributed by atoms with van der Waals surface area (Å²) in [4.78, 5) is 9.19. The first kappa shape index (κ1) is 19.7. The number of aromatic nitrogens is 3. The third-order valence-electron chi connectivity index (χ3n) is 6.19. The normalized spacial score (nSPS) is 17.5. The van der Waals surface area contributed by atoms with Crippen LogP contribution in [0.3, 0.4) is 0 Å². The molecule has 4 heterocycles. The van der Waals surface area contributed by atoms with E-state index in [4.69, 9.17) is 9.52 Å². The van der Waals surface area contributed by atoms with E-state index in [0.29, 0.717) is 6.54 Å². The quantitative estimate of drug-likeness (QED) is 0.457. The van der Waals surface area contributed by atoms with Crippen molar-refractivity contribution in [2.75, 3.05) is 24.6 Å². The van der Waals surface area contributed by atoms with Gasteiger partial charge in [0.05, 0.1) is 48.1 Å². The lowest BCUT2D eigenvalue weighted by atomic mass is 9.99. The monoisotopic (exact) mass is 442 g/mol. The van der Waals surface area contributed by atoms with Crippen LogP contribution in [0.1, 0.15) is 24.1 Å². The average Bonchev–Trinajstić information content (AvgIpc) is 3.49. The van der Waals surface area contributed by atoms with Crippen LogP contribution in [0.2, 0.25) is 0 Å². The summed E-state index contributed by atoms with van der Waals surface area (Å²) in [7, 11) is 0. The second-order valence-corrected chi connectivity index (χ2v) is 8.37. The van der Waals surface area contributed by atoms with E-state index >= 15 is 0 Å². The van der Waals surface area contributed by atoms with Gasteiger partial charge in [-0.15, -0.1) is 0 Å². The first-order valence-electron chi connectivity index (χ1n) is 11.1. The molecule has 0 unspecified atom stereocenters. The average molecular weight is 442 g/mol. The minimum Gasteiger partial charge on any atom is -0.354 e. The summed E-state index contributed by atoms with van der Waals surface area (Å²) in [6.45, 7) is 4.32. The zero-order valence-corrected chi connectivity index (χ0v) is 18.3. The Kier molecular flexibility index (Phi) is 4.71. The largest absolute Gasteiger partial charge is 0.354 e. The van der Waals surface area contributed by atoms with E-state index in [2.05, 4.69) is 32.3 Å². The minimum absolute atomic E-state index is 0.226. The summed E-state index contributed by atoms with van der Waals surface area (Å²) in [6, 6.07) is 10.8. The van der Waals surface area contributed by atoms with Gasteiger partial charge in [0.15, 0.2) is 5.58 Å². The Hall–Kier alpha value is -3.94. The summed E-state index contributed by atoms with van der Waals surface area (Å²) in [5.74, 6) is 0.756. The Morgan fingerprint density at radius 2 is 1.94 bits per heavy atom. The lowest BCUT2D eigenvalue weighted by Gasteiger charge is -2.44. The highest BCUT2D eigenvalue weighted by Gasteiger charge is 2.29. The molecule has 6 rings (SSSR count). The molecule has 1 saturated heterocycles. The van der Waals surface area contributed by atoms with Crippen LogP contribution in [0.4, 0.5) is 10.1 Å². The first-order chi connectivity index (χ1) is 16.2. The van der Waals surface area contributed by atoms with Gasteiger partial charge in [0.25, 0.3) is 0 Å². The number of hydrogen-bond acceptors (Lipinski definition) is 6. The Morgan fingerprint density at radius 3 is 2.76 bits per heavy atom. The molecule has 4 aromatic rings. The number of halogens is 1. The molecule has 0 bridgehead atoms. The topological polar surface area (TPSA) is 62.7 Å². The van der Waals surface area contributed by atoms with Gasteiger partial charge in [-0.25, -0.2) is 9.37 Å². The van der Waals surface area contributed by atoms with Crippen LogP contribution in [0, 0.1) is 12.7 Å². The molecule has 0 spiro atoms. The summed E-state index contributed by atoms with van der Waals surface area (Å²) in [6.07, 6.45) is 9.67. The molecule has 0 N–H and O–H groups in total. The van der Waals surface area contributed by atoms with Crippen molar-refractivity contribution < 1.29 is 8.91 Å². The third-order valence-corrected chi connectivity index (χ3v) is 6.19. The summed E-state index contributed by atoms with van der Waals surface area (Å²) < 4.78 is 21.0. The highest BCUT2D eigenvalue weighted by molar-refractivity contribution is 6.05. The van der Waals surface area contributed by atoms with Crippen LogP contribution < -0.4 is 5.01 Å². The Morgan fingerprint density at radius 1 is 1.06 bits per heavy atom. The molecular formula is C25H23FN6O. The Balaban J connectivity index is 1.37. The molecule has 0 aliphatic carbocycles. The van der Waals surface area contributed by atoms with Crippen LogP contribution >= 0.6 is 0 Å². The molecule has 166 valence electrons. The number of hydrogen-bond donors (Lipinski definition) is 0. The fraction of sp³-hybridized carbons (Fsp3) is 0.240. The number of hydrazine groups is 1. The number of fused-ring (bicyclic) bond motifs is 2. The predicted molar refractivity (Wildman–Crippen MR) is 126 cm³/mol. The van der Waals surface area contributed by atoms with Crippen molar-refractivity contribution in [1.82, 2.24) is 19.7 Å². The van der Waals surface area contributed by atoms with Crippen LogP contribution in [-0.4, -0.2) is 45.2 Å². The second-order valence-electron chi connectivity index (χ2n) is 8.37. The third kappa shape index (κ3) is 3.47. The van der Waals surface area contributed by atoms with E-state index in [1.54, 1.807) is 12.5 Å². The maximum Gasteiger partial charge on any atom is 0.191 e. The summed E-state index contributed by atoms with van der Waals surface area (Å²) >= 11 is 0. The van der Waals surface area contributed by atoms with Gasteiger partial charge in [0.2, 0.25) is 0 Å². The van der Waals surface area contributed by atoms with Crippen LogP contribution in [0.5, 0.6) is 0 Å². The number of aryl methyl sites for hydroxylation is 1. The lowest BCUT2D eigenvalue weighted by molar-refractivity contribution is 0.348. The van der Waals surface area contributed by atoms with Gasteiger partial charge >= 0.3 is 0 Å². The zero-order chi connectivity index (χ0) is 22.4. The van der Waals surface area contributed by atoms with Crippen LogP contribution in [0.15, 0.2) is 70.2 Å². The molecule has 33 heavy (non-hydrogen) atoms. The standard InChI is InChI=1S/C25H23FN6O/c1-17-15-30(16-28-17)23-9-4-18(22-14-29-33-24(22)23)13-19-3-2-11-32-25(19)27-10-12-31(32)21-7-5-20(26)6-8-21/h4-9,13-16H,2-3,10-12H2,1H3/b19-13+. The lowest BCUT2D eigenvalue weighted by Crippen LogP contribution is -2.53. The van der Waals surface area contributed by atoms with E-state index < -0.39 is 0 Å². The fourth-order valence-corrected chi connectivity index (χ4v) is 4.64. The Labute approximate surface area is 190 Å². The highest BCUT2D eigenvalue weighted by Crippen LogP contribution is 2.31. The number of nitrogens with zero attached hydrogens (tertiary/aromatic N) is 6. The molecule has 0 radical (unpaired) electrons. The van der Waals surface area contributed by atoms with Crippen LogP contribution in [-0.2, 0) is 0 Å². The molecular weight excluding hydrogens is 419 g/mol. The molecule has 0 saturated carbocycles. The minimum atomic E-state index is -0.226. The van der Waals surface area contributed by atoms with Gasteiger partial charge in [0.1, 0.15) is 11.7 Å². The van der Waals surface area contributed by atoms with Gasteiger partial charge in [-0.05, 0) is 67.3 Å². The number of anilines is 1. The molecule has 2 aromatic heterocycles. The molecule has 8 heteroatoms. The highest BCUT2D eigenvalue weighted by atomic mass is 19.1. The molecule has 2 aliphatic rings. The molecule has 2 aliphatic heterocycles. The van der Waals surface area contributed by atoms with E-state index in [9.17, 15) is 4.39 Å². The molecule has 2 aromatic carbocycles. The van der Waals surface area contributed by atoms with E-state index in [1.165, 1.54) is 17.7 Å². The zero-order valence-electron chi connectivity index (χ0n) is 18.3. The number of piperidine rings is 1. The fourth-order valence-electron chi connectivity index (χ4n) is 4.64. The van der Waals surface area contributed by atoms with Crippen molar-refractivity contribution in [2.45, 2.75) is 19.8 Å². The van der Waals surface area contributed by atoms with Gasteiger partial charge in [0, 0.05) is 12.7 Å². The Bertz CT molecular complexity index is 1380. The number of benzene rings is 2. The number of imidazole rings is 1. The SMILES string of the molecule is Cc1cn(-c2ccc(/C=C3\CCCN4C3=NCCN4c3ccc(F)cc3)c3cnoc23)cn1. The maximum absolute atomic E-state index is 13.4. The summed E-state index contributed by atoms with van der Waals surface area (Å²) in [5, 5.41) is 9.45. The number of rotatable bonds is 3. The molecule has 7 nitrogen and oxygen atoms in total. The molecule has 1 fully saturated rings. The van der Waals surface area contributed by atoms with Crippen molar-refractivity contribution in [2.24, 2.45) is 4.99 Å². The summed E-state index contributed by atoms with van der Waals surface area (Å²) in [5.41, 5.74) is 5.79. The van der Waals surface area contributed by atoms with Gasteiger partial charge in [-0.2, -0.15) is 0 Å². The van der Waals surface area contributed by atoms with Gasteiger partial charge in [-0.3, -0.25) is 15.0 Å². The van der Waals surface area contributed by atoms with E-state index in [0.717, 1.165) is 65.4 Å². The van der Waals surface area contributed by atoms with Crippen LogP contribution in [0.25, 0.3) is 22.7 Å². The predicted octanol–water partition coefficient (Wildman–Crippen LogP) is 4.77. The molecule has 0 amide bonds. The van der Waals surface area contributed by atoms with Crippen molar-refractivity contribution in [3.63, 3.8) is 0 Å². The molecule has 0 atom stereocenters. The van der Waals surface area contributed by atoms with E-state index in [-0.39, 0.29) is 5.82 Å². The van der Waals surface area contributed by atoms with E-state index in [1.807, 2.05) is 35.9 Å². The number of aliphatic imine (C=N–C) groups is 1. The van der Waals surface area contributed by atoms with Crippen molar-refractivity contribution in [3.8, 4) is 5.69 Å².